The summed E-state index contributed by atoms with van der Waals surface area (Å²) in [6.07, 6.45) is 2.48. The van der Waals surface area contributed by atoms with Gasteiger partial charge < -0.3 is 14.8 Å². The first kappa shape index (κ1) is 18.5. The Morgan fingerprint density at radius 1 is 1.20 bits per heavy atom. The third kappa shape index (κ3) is 5.35. The zero-order chi connectivity index (χ0) is 18.1. The zero-order valence-electron chi connectivity index (χ0n) is 14.5. The van der Waals surface area contributed by atoms with Crippen LogP contribution in [-0.4, -0.2) is 25.9 Å². The van der Waals surface area contributed by atoms with Crippen molar-refractivity contribution in [1.82, 2.24) is 5.32 Å². The van der Waals surface area contributed by atoms with Crippen molar-refractivity contribution in [3.63, 3.8) is 0 Å². The zero-order valence-corrected chi connectivity index (χ0v) is 14.5. The number of rotatable bonds is 9. The van der Waals surface area contributed by atoms with Crippen molar-refractivity contribution in [2.45, 2.75) is 25.8 Å². The molecule has 2 rings (SSSR count). The van der Waals surface area contributed by atoms with Crippen molar-refractivity contribution in [2.24, 2.45) is 0 Å². The second-order valence-corrected chi connectivity index (χ2v) is 5.63. The molecule has 0 bridgehead atoms. The van der Waals surface area contributed by atoms with E-state index in [2.05, 4.69) is 12.2 Å². The van der Waals surface area contributed by atoms with Crippen molar-refractivity contribution in [2.75, 3.05) is 13.7 Å². The topological polar surface area (TPSA) is 64.6 Å². The molecule has 1 amide bonds. The molecule has 0 aromatic heterocycles. The van der Waals surface area contributed by atoms with Crippen LogP contribution in [-0.2, 0) is 4.79 Å². The highest BCUT2D eigenvalue weighted by atomic mass is 16.5. The molecule has 0 saturated heterocycles. The average Bonchev–Trinajstić information content (AvgIpc) is 2.66. The van der Waals surface area contributed by atoms with Crippen molar-refractivity contribution in [1.29, 1.82) is 0 Å². The minimum absolute atomic E-state index is 0.0521. The van der Waals surface area contributed by atoms with E-state index in [4.69, 9.17) is 9.47 Å². The van der Waals surface area contributed by atoms with Gasteiger partial charge in [-0.25, -0.2) is 0 Å². The summed E-state index contributed by atoms with van der Waals surface area (Å²) in [7, 11) is 1.52. The van der Waals surface area contributed by atoms with Crippen LogP contribution in [0.15, 0.2) is 48.5 Å². The molecule has 0 fully saturated rings. The van der Waals surface area contributed by atoms with E-state index < -0.39 is 0 Å². The monoisotopic (exact) mass is 341 g/mol. The normalized spacial score (nSPS) is 11.4. The molecule has 1 atom stereocenters. The van der Waals surface area contributed by atoms with Gasteiger partial charge in [0.1, 0.15) is 11.5 Å². The van der Waals surface area contributed by atoms with E-state index in [1.807, 2.05) is 30.3 Å². The summed E-state index contributed by atoms with van der Waals surface area (Å²) in [6, 6.07) is 14.7. The summed E-state index contributed by atoms with van der Waals surface area (Å²) in [5, 5.41) is 2.99. The lowest BCUT2D eigenvalue weighted by atomic mass is 10.0. The standard InChI is InChI=1S/C20H23NO4/c1-3-7-18(15-8-5-4-6-9-15)21-20(23)14-25-19-11-10-17(24-2)12-16(19)13-22/h4-6,8-13,18H,3,7,14H2,1-2H3,(H,21,23). The number of hydrogen-bond donors (Lipinski definition) is 1. The van der Waals surface area contributed by atoms with Crippen molar-refractivity contribution >= 4 is 12.2 Å². The smallest absolute Gasteiger partial charge is 0.258 e. The van der Waals surface area contributed by atoms with Gasteiger partial charge in [0.2, 0.25) is 0 Å². The number of hydrogen-bond acceptors (Lipinski definition) is 4. The number of carbonyl (C=O) groups is 2. The van der Waals surface area contributed by atoms with Gasteiger partial charge in [-0.1, -0.05) is 43.7 Å². The molecule has 0 aliphatic carbocycles. The summed E-state index contributed by atoms with van der Waals surface area (Å²) in [5.74, 6) is 0.693. The summed E-state index contributed by atoms with van der Waals surface area (Å²) in [5.41, 5.74) is 1.41. The quantitative estimate of drug-likeness (QED) is 0.709. The van der Waals surface area contributed by atoms with Gasteiger partial charge in [-0.15, -0.1) is 0 Å². The Hall–Kier alpha value is -2.82. The third-order valence-corrected chi connectivity index (χ3v) is 3.82. The van der Waals surface area contributed by atoms with Crippen LogP contribution in [0.25, 0.3) is 0 Å². The largest absolute Gasteiger partial charge is 0.497 e. The Balaban J connectivity index is 1.98. The lowest BCUT2D eigenvalue weighted by Crippen LogP contribution is -2.32. The molecule has 0 radical (unpaired) electrons. The number of carbonyl (C=O) groups excluding carboxylic acids is 2. The van der Waals surface area contributed by atoms with E-state index in [-0.39, 0.29) is 18.6 Å². The summed E-state index contributed by atoms with van der Waals surface area (Å²) >= 11 is 0. The molecule has 0 heterocycles. The van der Waals surface area contributed by atoms with Gasteiger partial charge in [0.25, 0.3) is 5.91 Å². The number of amides is 1. The predicted octanol–water partition coefficient (Wildman–Crippen LogP) is 3.54. The Morgan fingerprint density at radius 3 is 2.60 bits per heavy atom. The molecular weight excluding hydrogens is 318 g/mol. The fraction of sp³-hybridized carbons (Fsp3) is 0.300. The molecule has 1 unspecified atom stereocenters. The number of methoxy groups -OCH3 is 1. The minimum atomic E-state index is -0.227. The lowest BCUT2D eigenvalue weighted by Gasteiger charge is -2.19. The van der Waals surface area contributed by atoms with E-state index in [0.29, 0.717) is 23.3 Å². The summed E-state index contributed by atoms with van der Waals surface area (Å²) in [6.45, 7) is 1.92. The maximum Gasteiger partial charge on any atom is 0.258 e. The van der Waals surface area contributed by atoms with Gasteiger partial charge in [-0.3, -0.25) is 9.59 Å². The van der Waals surface area contributed by atoms with Crippen molar-refractivity contribution < 1.29 is 19.1 Å². The molecule has 0 aliphatic heterocycles. The van der Waals surface area contributed by atoms with Gasteiger partial charge in [-0.05, 0) is 30.2 Å². The molecule has 132 valence electrons. The van der Waals surface area contributed by atoms with Gasteiger partial charge in [0, 0.05) is 0 Å². The summed E-state index contributed by atoms with van der Waals surface area (Å²) in [4.78, 5) is 23.4. The Kier molecular flexibility index (Phi) is 7.01. The number of ether oxygens (including phenoxy) is 2. The molecule has 0 spiro atoms. The lowest BCUT2D eigenvalue weighted by molar-refractivity contribution is -0.123. The van der Waals surface area contributed by atoms with E-state index >= 15 is 0 Å². The maximum absolute atomic E-state index is 12.2. The predicted molar refractivity (Wildman–Crippen MR) is 96.1 cm³/mol. The van der Waals surface area contributed by atoms with Crippen molar-refractivity contribution in [3.05, 3.63) is 59.7 Å². The molecule has 5 heteroatoms. The molecule has 0 saturated carbocycles. The van der Waals surface area contributed by atoms with Gasteiger partial charge in [-0.2, -0.15) is 0 Å². The number of nitrogens with one attached hydrogen (secondary N) is 1. The number of benzene rings is 2. The number of aldehydes is 1. The molecule has 5 nitrogen and oxygen atoms in total. The van der Waals surface area contributed by atoms with Crippen LogP contribution in [0.2, 0.25) is 0 Å². The maximum atomic E-state index is 12.2. The highest BCUT2D eigenvalue weighted by molar-refractivity contribution is 5.81. The van der Waals surface area contributed by atoms with Crippen LogP contribution in [0, 0.1) is 0 Å². The Morgan fingerprint density at radius 2 is 1.96 bits per heavy atom. The van der Waals surface area contributed by atoms with Gasteiger partial charge in [0.15, 0.2) is 12.9 Å². The second-order valence-electron chi connectivity index (χ2n) is 5.63. The van der Waals surface area contributed by atoms with Crippen LogP contribution in [0.5, 0.6) is 11.5 Å². The van der Waals surface area contributed by atoms with Gasteiger partial charge >= 0.3 is 0 Å². The highest BCUT2D eigenvalue weighted by Crippen LogP contribution is 2.23. The van der Waals surface area contributed by atoms with Crippen LogP contribution >= 0.6 is 0 Å². The highest BCUT2D eigenvalue weighted by Gasteiger charge is 2.14. The first-order chi connectivity index (χ1) is 12.2. The van der Waals surface area contributed by atoms with Crippen LogP contribution in [0.3, 0.4) is 0 Å². The van der Waals surface area contributed by atoms with E-state index in [1.54, 1.807) is 18.2 Å². The van der Waals surface area contributed by atoms with E-state index in [1.165, 1.54) is 7.11 Å². The summed E-state index contributed by atoms with van der Waals surface area (Å²) < 4.78 is 10.6. The minimum Gasteiger partial charge on any atom is -0.497 e. The van der Waals surface area contributed by atoms with E-state index in [0.717, 1.165) is 18.4 Å². The Labute approximate surface area is 148 Å². The fourth-order valence-electron chi connectivity index (χ4n) is 2.55. The molecule has 25 heavy (non-hydrogen) atoms. The van der Waals surface area contributed by atoms with Crippen molar-refractivity contribution in [3.8, 4) is 11.5 Å². The van der Waals surface area contributed by atoms with Crippen LogP contribution in [0.4, 0.5) is 0 Å². The molecular formula is C20H23NO4. The molecule has 2 aromatic rings. The van der Waals surface area contributed by atoms with Crippen LogP contribution in [0.1, 0.15) is 41.7 Å². The second kappa shape index (κ2) is 9.47. The third-order valence-electron chi connectivity index (χ3n) is 3.82. The van der Waals surface area contributed by atoms with E-state index in [9.17, 15) is 9.59 Å². The first-order valence-corrected chi connectivity index (χ1v) is 8.28. The molecule has 0 aliphatic rings. The van der Waals surface area contributed by atoms with Crippen LogP contribution < -0.4 is 14.8 Å². The first-order valence-electron chi connectivity index (χ1n) is 8.28. The molecule has 2 aromatic carbocycles. The fourth-order valence-corrected chi connectivity index (χ4v) is 2.55. The SMILES string of the molecule is CCCC(NC(=O)COc1ccc(OC)cc1C=O)c1ccccc1. The molecule has 1 N–H and O–H groups in total. The van der Waals surface area contributed by atoms with Gasteiger partial charge in [0.05, 0.1) is 18.7 Å². The Bertz CT molecular complexity index is 700. The average molecular weight is 341 g/mol.